The lowest BCUT2D eigenvalue weighted by atomic mass is 9.82. The molecule has 230 valence electrons. The van der Waals surface area contributed by atoms with Crippen LogP contribution in [0.25, 0.3) is 80.0 Å². The van der Waals surface area contributed by atoms with Crippen LogP contribution in [0.15, 0.2) is 158 Å². The summed E-state index contributed by atoms with van der Waals surface area (Å²) in [5, 5.41) is 7.89. The molecule has 10 rings (SSSR count). The standard InChI is InChI=1S/C47H30S2/c1-3-29-12-4-5-14-31(29)24-37(32-21-22-43-39(25-32)35-17-10-11-19-42(35)48-43)28(2)46-36-18-9-8-16-34(36)38-26-41-45(27-40(38)46)49-44-23-20-30-13-6-7-15-33(30)47(41)44/h3-27,46H,1-2H2/b37-24+. The van der Waals surface area contributed by atoms with Crippen molar-refractivity contribution < 1.29 is 0 Å². The number of benzene rings is 7. The molecule has 0 amide bonds. The van der Waals surface area contributed by atoms with Crippen LogP contribution in [0.3, 0.4) is 0 Å². The lowest BCUT2D eigenvalue weighted by Gasteiger charge is -2.21. The fourth-order valence-electron chi connectivity index (χ4n) is 8.01. The van der Waals surface area contributed by atoms with E-state index < -0.39 is 0 Å². The lowest BCUT2D eigenvalue weighted by molar-refractivity contribution is 1.03. The first-order chi connectivity index (χ1) is 24.2. The third-order valence-electron chi connectivity index (χ3n) is 10.3. The Balaban J connectivity index is 1.21. The van der Waals surface area contributed by atoms with E-state index >= 15 is 0 Å². The first-order valence-electron chi connectivity index (χ1n) is 16.7. The van der Waals surface area contributed by atoms with Crippen molar-refractivity contribution in [2.45, 2.75) is 5.92 Å². The molecule has 2 heteroatoms. The van der Waals surface area contributed by atoms with E-state index in [2.05, 4.69) is 152 Å². The Hall–Kier alpha value is -5.54. The SMILES string of the molecule is C=Cc1ccccc1/C=C(\C(=C)C1c2ccccc2-c2cc3c(cc21)sc1ccc2ccccc2c13)c1ccc2sc3ccccc3c2c1. The van der Waals surface area contributed by atoms with Crippen LogP contribution in [-0.2, 0) is 0 Å². The lowest BCUT2D eigenvalue weighted by Crippen LogP contribution is -2.03. The second-order valence-electron chi connectivity index (χ2n) is 12.9. The molecule has 0 bridgehead atoms. The number of hydrogen-bond donors (Lipinski definition) is 0. The highest BCUT2D eigenvalue weighted by atomic mass is 32.1. The molecule has 0 nitrogen and oxygen atoms in total. The zero-order valence-electron chi connectivity index (χ0n) is 26.7. The van der Waals surface area contributed by atoms with Gasteiger partial charge in [-0.15, -0.1) is 22.7 Å². The van der Waals surface area contributed by atoms with E-state index in [1.165, 1.54) is 78.9 Å². The molecule has 2 heterocycles. The Morgan fingerprint density at radius 1 is 0.531 bits per heavy atom. The van der Waals surface area contributed by atoms with E-state index in [1.807, 2.05) is 28.7 Å². The summed E-state index contributed by atoms with van der Waals surface area (Å²) in [6.45, 7) is 9.11. The molecule has 0 spiro atoms. The molecule has 9 aromatic rings. The summed E-state index contributed by atoms with van der Waals surface area (Å²) in [4.78, 5) is 0. The van der Waals surface area contributed by atoms with Crippen LogP contribution < -0.4 is 0 Å². The number of hydrogen-bond acceptors (Lipinski definition) is 2. The summed E-state index contributed by atoms with van der Waals surface area (Å²) in [5.74, 6) is 0.0228. The Bertz CT molecular complexity index is 2870. The van der Waals surface area contributed by atoms with Crippen molar-refractivity contribution in [2.75, 3.05) is 0 Å². The minimum absolute atomic E-state index is 0.0228. The molecule has 1 atom stereocenters. The molecule has 49 heavy (non-hydrogen) atoms. The van der Waals surface area contributed by atoms with Gasteiger partial charge in [0.1, 0.15) is 0 Å². The van der Waals surface area contributed by atoms with Gasteiger partial charge in [-0.05, 0) is 103 Å². The van der Waals surface area contributed by atoms with Crippen LogP contribution in [0.5, 0.6) is 0 Å². The van der Waals surface area contributed by atoms with Crippen LogP contribution in [0.1, 0.15) is 33.7 Å². The van der Waals surface area contributed by atoms with Gasteiger partial charge in [-0.3, -0.25) is 0 Å². The molecule has 0 N–H and O–H groups in total. The monoisotopic (exact) mass is 658 g/mol. The van der Waals surface area contributed by atoms with Gasteiger partial charge >= 0.3 is 0 Å². The van der Waals surface area contributed by atoms with Gasteiger partial charge in [0.2, 0.25) is 0 Å². The molecule has 2 aromatic heterocycles. The van der Waals surface area contributed by atoms with Gasteiger partial charge in [0, 0.05) is 46.3 Å². The fraction of sp³-hybridized carbons (Fsp3) is 0.0213. The summed E-state index contributed by atoms with van der Waals surface area (Å²) >= 11 is 3.75. The Morgan fingerprint density at radius 2 is 1.24 bits per heavy atom. The first-order valence-corrected chi connectivity index (χ1v) is 18.3. The second-order valence-corrected chi connectivity index (χ2v) is 15.1. The molecule has 1 aliphatic rings. The van der Waals surface area contributed by atoms with Crippen molar-refractivity contribution >= 4 is 91.5 Å². The van der Waals surface area contributed by atoms with Gasteiger partial charge in [-0.25, -0.2) is 0 Å². The maximum atomic E-state index is 4.97. The maximum Gasteiger partial charge on any atom is 0.0361 e. The topological polar surface area (TPSA) is 0 Å². The van der Waals surface area contributed by atoms with Gasteiger partial charge in [0.25, 0.3) is 0 Å². The van der Waals surface area contributed by atoms with Crippen LogP contribution in [0.4, 0.5) is 0 Å². The Kier molecular flexibility index (Phi) is 6.39. The molecule has 7 aromatic carbocycles. The normalized spacial score (nSPS) is 14.2. The van der Waals surface area contributed by atoms with E-state index in [4.69, 9.17) is 6.58 Å². The van der Waals surface area contributed by atoms with Crippen molar-refractivity contribution in [2.24, 2.45) is 0 Å². The molecular formula is C47H30S2. The van der Waals surface area contributed by atoms with Crippen LogP contribution >= 0.6 is 22.7 Å². The molecular weight excluding hydrogens is 629 g/mol. The Labute approximate surface area is 293 Å². The largest absolute Gasteiger partial charge is 0.135 e. The number of allylic oxidation sites excluding steroid dienone is 2. The van der Waals surface area contributed by atoms with E-state index in [9.17, 15) is 0 Å². The van der Waals surface area contributed by atoms with Gasteiger partial charge in [0.15, 0.2) is 0 Å². The van der Waals surface area contributed by atoms with Crippen molar-refractivity contribution in [3.63, 3.8) is 0 Å². The molecule has 1 unspecified atom stereocenters. The van der Waals surface area contributed by atoms with E-state index in [1.54, 1.807) is 0 Å². The highest BCUT2D eigenvalue weighted by Crippen LogP contribution is 2.54. The van der Waals surface area contributed by atoms with E-state index in [0.29, 0.717) is 0 Å². The summed E-state index contributed by atoms with van der Waals surface area (Å²) < 4.78 is 5.27. The highest BCUT2D eigenvalue weighted by molar-refractivity contribution is 7.26. The summed E-state index contributed by atoms with van der Waals surface area (Å²) in [7, 11) is 0. The minimum atomic E-state index is 0.0228. The molecule has 0 aliphatic heterocycles. The molecule has 1 aliphatic carbocycles. The fourth-order valence-corrected chi connectivity index (χ4v) is 10.2. The quantitative estimate of drug-likeness (QED) is 0.128. The van der Waals surface area contributed by atoms with Gasteiger partial charge in [0.05, 0.1) is 0 Å². The zero-order valence-corrected chi connectivity index (χ0v) is 28.4. The van der Waals surface area contributed by atoms with Gasteiger partial charge in [-0.1, -0.05) is 122 Å². The summed E-state index contributed by atoms with van der Waals surface area (Å²) in [6.07, 6.45) is 4.28. The van der Waals surface area contributed by atoms with E-state index in [0.717, 1.165) is 22.3 Å². The van der Waals surface area contributed by atoms with Gasteiger partial charge in [-0.2, -0.15) is 0 Å². The third kappa shape index (κ3) is 4.35. The van der Waals surface area contributed by atoms with Crippen LogP contribution in [-0.4, -0.2) is 0 Å². The zero-order chi connectivity index (χ0) is 32.6. The summed E-state index contributed by atoms with van der Waals surface area (Å²) in [6, 6.07) is 51.4. The average molecular weight is 659 g/mol. The molecule has 0 fully saturated rings. The highest BCUT2D eigenvalue weighted by Gasteiger charge is 2.33. The maximum absolute atomic E-state index is 4.97. The minimum Gasteiger partial charge on any atom is -0.135 e. The smallest absolute Gasteiger partial charge is 0.0361 e. The molecule has 0 saturated carbocycles. The third-order valence-corrected chi connectivity index (χ3v) is 12.6. The summed E-state index contributed by atoms with van der Waals surface area (Å²) in [5.41, 5.74) is 11.0. The average Bonchev–Trinajstić information content (AvgIpc) is 3.81. The van der Waals surface area contributed by atoms with Crippen LogP contribution in [0.2, 0.25) is 0 Å². The van der Waals surface area contributed by atoms with E-state index in [-0.39, 0.29) is 5.92 Å². The van der Waals surface area contributed by atoms with Crippen molar-refractivity contribution in [3.05, 3.63) is 186 Å². The number of fused-ring (bicyclic) bond motifs is 11. The molecule has 0 radical (unpaired) electrons. The predicted octanol–water partition coefficient (Wildman–Crippen LogP) is 14.1. The van der Waals surface area contributed by atoms with Gasteiger partial charge < -0.3 is 0 Å². The molecule has 0 saturated heterocycles. The van der Waals surface area contributed by atoms with Crippen LogP contribution in [0, 0.1) is 0 Å². The van der Waals surface area contributed by atoms with Crippen molar-refractivity contribution in [3.8, 4) is 11.1 Å². The Morgan fingerprint density at radius 3 is 2.14 bits per heavy atom. The predicted molar refractivity (Wildman–Crippen MR) is 217 cm³/mol. The first kappa shape index (κ1) is 28.5. The van der Waals surface area contributed by atoms with Crippen molar-refractivity contribution in [1.82, 2.24) is 0 Å². The number of rotatable bonds is 5. The van der Waals surface area contributed by atoms with Crippen molar-refractivity contribution in [1.29, 1.82) is 0 Å². The number of thiophene rings is 2. The second kappa shape index (κ2) is 11.0.